The molecule has 3 aromatic carbocycles. The Morgan fingerprint density at radius 2 is 1.47 bits per heavy atom. The van der Waals surface area contributed by atoms with Crippen molar-refractivity contribution in [1.82, 2.24) is 14.9 Å². The molecule has 3 aromatic rings. The zero-order valence-corrected chi connectivity index (χ0v) is 19.0. The van der Waals surface area contributed by atoms with Crippen LogP contribution in [-0.2, 0) is 22.9 Å². The lowest BCUT2D eigenvalue weighted by atomic mass is 10.0. The molecule has 2 atom stereocenters. The minimum absolute atomic E-state index is 0.223. The summed E-state index contributed by atoms with van der Waals surface area (Å²) in [5.74, 6) is 0. The molecule has 0 bridgehead atoms. The van der Waals surface area contributed by atoms with E-state index in [9.17, 15) is 8.42 Å². The fourth-order valence-electron chi connectivity index (χ4n) is 4.34. The third-order valence-electron chi connectivity index (χ3n) is 5.94. The van der Waals surface area contributed by atoms with Gasteiger partial charge in [0, 0.05) is 38.3 Å². The summed E-state index contributed by atoms with van der Waals surface area (Å²) < 4.78 is 29.2. The number of rotatable bonds is 9. The number of sulfonamides is 1. The van der Waals surface area contributed by atoms with Crippen LogP contribution >= 0.6 is 0 Å². The summed E-state index contributed by atoms with van der Waals surface area (Å²) in [6, 6.07) is 29.3. The second-order valence-corrected chi connectivity index (χ2v) is 10.1. The van der Waals surface area contributed by atoms with Crippen molar-refractivity contribution in [2.45, 2.75) is 29.8 Å². The highest BCUT2D eigenvalue weighted by molar-refractivity contribution is 7.89. The molecule has 1 aliphatic rings. The Hall–Kier alpha value is -2.51. The fraction of sp³-hybridized carbons (Fsp3) is 0.308. The molecule has 0 unspecified atom stereocenters. The topological polar surface area (TPSA) is 61.4 Å². The Morgan fingerprint density at radius 1 is 0.875 bits per heavy atom. The number of nitrogens with zero attached hydrogens (tertiary/aromatic N) is 1. The van der Waals surface area contributed by atoms with E-state index in [1.54, 1.807) is 24.3 Å². The summed E-state index contributed by atoms with van der Waals surface area (Å²) in [6.45, 7) is 3.38. The van der Waals surface area contributed by atoms with Crippen molar-refractivity contribution in [1.29, 1.82) is 0 Å². The highest BCUT2D eigenvalue weighted by Crippen LogP contribution is 2.16. The molecule has 1 fully saturated rings. The van der Waals surface area contributed by atoms with Gasteiger partial charge in [0.2, 0.25) is 10.0 Å². The van der Waals surface area contributed by atoms with Crippen molar-refractivity contribution in [3.05, 3.63) is 102 Å². The van der Waals surface area contributed by atoms with Crippen LogP contribution in [0.5, 0.6) is 0 Å². The van der Waals surface area contributed by atoms with E-state index in [2.05, 4.69) is 51.3 Å². The highest BCUT2D eigenvalue weighted by atomic mass is 32.2. The number of piperazine rings is 1. The molecule has 4 rings (SSSR count). The molecular formula is C26H31N3O2S. The summed E-state index contributed by atoms with van der Waals surface area (Å²) in [4.78, 5) is 2.74. The summed E-state index contributed by atoms with van der Waals surface area (Å²) >= 11 is 0. The Bertz CT molecular complexity index is 1060. The maximum Gasteiger partial charge on any atom is 0.240 e. The summed E-state index contributed by atoms with van der Waals surface area (Å²) in [6.07, 6.45) is 1.59. The second kappa shape index (κ2) is 10.9. The van der Waals surface area contributed by atoms with Crippen LogP contribution in [-0.4, -0.2) is 51.6 Å². The molecule has 0 spiro atoms. The van der Waals surface area contributed by atoms with E-state index in [1.807, 2.05) is 30.3 Å². The van der Waals surface area contributed by atoms with Gasteiger partial charge in [-0.2, -0.15) is 0 Å². The van der Waals surface area contributed by atoms with Gasteiger partial charge in [0.1, 0.15) is 0 Å². The highest BCUT2D eigenvalue weighted by Gasteiger charge is 2.28. The maximum absolute atomic E-state index is 13.1. The average Bonchev–Trinajstić information content (AvgIpc) is 2.82. The molecule has 1 saturated heterocycles. The molecule has 32 heavy (non-hydrogen) atoms. The molecule has 6 heteroatoms. The maximum atomic E-state index is 13.1. The van der Waals surface area contributed by atoms with Gasteiger partial charge in [0.05, 0.1) is 4.90 Å². The molecule has 0 radical (unpaired) electrons. The van der Waals surface area contributed by atoms with Crippen LogP contribution in [0.25, 0.3) is 0 Å². The Kier molecular flexibility index (Phi) is 7.71. The first kappa shape index (κ1) is 22.7. The van der Waals surface area contributed by atoms with Gasteiger partial charge in [-0.05, 0) is 36.1 Å². The molecule has 2 N–H and O–H groups in total. The fourth-order valence-corrected chi connectivity index (χ4v) is 5.59. The van der Waals surface area contributed by atoms with Gasteiger partial charge >= 0.3 is 0 Å². The zero-order valence-electron chi connectivity index (χ0n) is 18.2. The number of hydrogen-bond acceptors (Lipinski definition) is 4. The van der Waals surface area contributed by atoms with Gasteiger partial charge in [0.15, 0.2) is 0 Å². The SMILES string of the molecule is O=S(=O)(N[C@@H](Cc1ccccc1)CN1CCNC[C@@H]1Cc1ccccc1)c1ccccc1. The van der Waals surface area contributed by atoms with Crippen molar-refractivity contribution in [3.63, 3.8) is 0 Å². The van der Waals surface area contributed by atoms with Gasteiger partial charge in [-0.15, -0.1) is 0 Å². The Balaban J connectivity index is 1.53. The summed E-state index contributed by atoms with van der Waals surface area (Å²) in [7, 11) is -3.60. The van der Waals surface area contributed by atoms with Crippen LogP contribution in [0.2, 0.25) is 0 Å². The lowest BCUT2D eigenvalue weighted by Gasteiger charge is -2.38. The van der Waals surface area contributed by atoms with Gasteiger partial charge in [-0.25, -0.2) is 13.1 Å². The monoisotopic (exact) mass is 449 g/mol. The van der Waals surface area contributed by atoms with Crippen molar-refractivity contribution < 1.29 is 8.42 Å². The number of benzene rings is 3. The molecule has 0 saturated carbocycles. The first-order valence-electron chi connectivity index (χ1n) is 11.2. The quantitative estimate of drug-likeness (QED) is 0.527. The van der Waals surface area contributed by atoms with Crippen LogP contribution in [0.3, 0.4) is 0 Å². The molecular weight excluding hydrogens is 418 g/mol. The van der Waals surface area contributed by atoms with Gasteiger partial charge < -0.3 is 5.32 Å². The average molecular weight is 450 g/mol. The standard InChI is InChI=1S/C26H31N3O2S/c30-32(31,26-14-8-3-9-15-26)28-24(18-22-10-4-1-5-11-22)21-29-17-16-27-20-25(29)19-23-12-6-2-7-13-23/h1-15,24-25,27-28H,16-21H2/t24-,25-/m0/s1. The minimum atomic E-state index is -3.60. The predicted octanol–water partition coefficient (Wildman–Crippen LogP) is 3.09. The van der Waals surface area contributed by atoms with Crippen LogP contribution in [0.15, 0.2) is 95.9 Å². The van der Waals surface area contributed by atoms with E-state index in [1.165, 1.54) is 5.56 Å². The van der Waals surface area contributed by atoms with Gasteiger partial charge in [-0.3, -0.25) is 4.90 Å². The number of nitrogens with one attached hydrogen (secondary N) is 2. The zero-order chi connectivity index (χ0) is 22.2. The van der Waals surface area contributed by atoms with Crippen LogP contribution in [0.4, 0.5) is 0 Å². The molecule has 5 nitrogen and oxygen atoms in total. The van der Waals surface area contributed by atoms with Crippen molar-refractivity contribution in [2.24, 2.45) is 0 Å². The van der Waals surface area contributed by atoms with Gasteiger partial charge in [-0.1, -0.05) is 78.9 Å². The van der Waals surface area contributed by atoms with Crippen molar-refractivity contribution in [2.75, 3.05) is 26.2 Å². The van der Waals surface area contributed by atoms with Crippen molar-refractivity contribution >= 4 is 10.0 Å². The van der Waals surface area contributed by atoms with Gasteiger partial charge in [0.25, 0.3) is 0 Å². The summed E-state index contributed by atoms with van der Waals surface area (Å²) in [5.41, 5.74) is 2.43. The van der Waals surface area contributed by atoms with Crippen LogP contribution < -0.4 is 10.0 Å². The third kappa shape index (κ3) is 6.26. The normalized spacial score (nSPS) is 18.3. The molecule has 0 aliphatic carbocycles. The van der Waals surface area contributed by atoms with E-state index >= 15 is 0 Å². The van der Waals surface area contributed by atoms with E-state index in [0.717, 1.165) is 31.6 Å². The lowest BCUT2D eigenvalue weighted by molar-refractivity contribution is 0.148. The molecule has 0 aromatic heterocycles. The van der Waals surface area contributed by atoms with E-state index < -0.39 is 10.0 Å². The molecule has 168 valence electrons. The van der Waals surface area contributed by atoms with Crippen molar-refractivity contribution in [3.8, 4) is 0 Å². The third-order valence-corrected chi connectivity index (χ3v) is 7.48. The van der Waals surface area contributed by atoms with E-state index in [-0.39, 0.29) is 6.04 Å². The van der Waals surface area contributed by atoms with Crippen LogP contribution in [0, 0.1) is 0 Å². The first-order chi connectivity index (χ1) is 15.6. The molecule has 1 heterocycles. The Morgan fingerprint density at radius 3 is 2.12 bits per heavy atom. The molecule has 0 amide bonds. The largest absolute Gasteiger partial charge is 0.314 e. The minimum Gasteiger partial charge on any atom is -0.314 e. The smallest absolute Gasteiger partial charge is 0.240 e. The summed E-state index contributed by atoms with van der Waals surface area (Å²) in [5, 5.41) is 3.50. The predicted molar refractivity (Wildman–Crippen MR) is 129 cm³/mol. The van der Waals surface area contributed by atoms with Crippen LogP contribution in [0.1, 0.15) is 11.1 Å². The lowest BCUT2D eigenvalue weighted by Crippen LogP contribution is -2.56. The van der Waals surface area contributed by atoms with E-state index in [0.29, 0.717) is 23.9 Å². The molecule has 1 aliphatic heterocycles. The van der Waals surface area contributed by atoms with E-state index in [4.69, 9.17) is 0 Å². The Labute approximate surface area is 191 Å². The number of hydrogen-bond donors (Lipinski definition) is 2. The first-order valence-corrected chi connectivity index (χ1v) is 12.7. The second-order valence-electron chi connectivity index (χ2n) is 8.36.